The summed E-state index contributed by atoms with van der Waals surface area (Å²) in [6, 6.07) is 6.76. The predicted octanol–water partition coefficient (Wildman–Crippen LogP) is 1.58. The van der Waals surface area contributed by atoms with Gasteiger partial charge in [-0.3, -0.25) is 0 Å². The van der Waals surface area contributed by atoms with Gasteiger partial charge >= 0.3 is 0 Å². The summed E-state index contributed by atoms with van der Waals surface area (Å²) < 4.78 is 33.0. The van der Waals surface area contributed by atoms with Crippen molar-refractivity contribution in [2.45, 2.75) is 37.3 Å². The fourth-order valence-corrected chi connectivity index (χ4v) is 3.23. The van der Waals surface area contributed by atoms with E-state index in [0.717, 1.165) is 10.0 Å². The summed E-state index contributed by atoms with van der Waals surface area (Å²) in [4.78, 5) is 0. The molecule has 112 valence electrons. The summed E-state index contributed by atoms with van der Waals surface area (Å²) in [5, 5.41) is 9.40. The van der Waals surface area contributed by atoms with Gasteiger partial charge in [-0.15, -0.1) is 0 Å². The van der Waals surface area contributed by atoms with Gasteiger partial charge in [0.2, 0.25) is 10.0 Å². The van der Waals surface area contributed by atoms with E-state index in [2.05, 4.69) is 20.7 Å². The van der Waals surface area contributed by atoms with Crippen LogP contribution in [0, 0.1) is 0 Å². The van der Waals surface area contributed by atoms with Crippen molar-refractivity contribution in [3.63, 3.8) is 0 Å². The van der Waals surface area contributed by atoms with Crippen molar-refractivity contribution in [1.82, 2.24) is 4.72 Å². The monoisotopic (exact) mass is 363 g/mol. The molecule has 2 N–H and O–H groups in total. The molecule has 5 nitrogen and oxygen atoms in total. The Morgan fingerprint density at radius 2 is 1.95 bits per heavy atom. The van der Waals surface area contributed by atoms with E-state index in [-0.39, 0.29) is 6.61 Å². The van der Waals surface area contributed by atoms with E-state index in [4.69, 9.17) is 4.74 Å². The lowest BCUT2D eigenvalue weighted by atomic mass is 10.0. The van der Waals surface area contributed by atoms with Gasteiger partial charge in [-0.25, -0.2) is 13.1 Å². The number of sulfonamides is 1. The number of ether oxygens (including phenoxy) is 1. The third kappa shape index (κ3) is 3.40. The zero-order chi connectivity index (χ0) is 14.9. The average Bonchev–Trinajstić information content (AvgIpc) is 2.72. The van der Waals surface area contributed by atoms with Crippen molar-refractivity contribution in [3.8, 4) is 0 Å². The molecule has 2 rings (SSSR count). The van der Waals surface area contributed by atoms with Crippen LogP contribution in [-0.2, 0) is 14.8 Å². The van der Waals surface area contributed by atoms with Crippen LogP contribution < -0.4 is 4.72 Å². The van der Waals surface area contributed by atoms with E-state index in [1.807, 2.05) is 24.3 Å². The molecule has 1 aromatic carbocycles. The maximum atomic E-state index is 12.0. The highest BCUT2D eigenvalue weighted by Gasteiger charge is 2.40. The Hall–Kier alpha value is -0.470. The number of aliphatic hydroxyl groups excluding tert-OH is 1. The minimum Gasteiger partial charge on any atom is -0.389 e. The molecule has 1 saturated heterocycles. The fourth-order valence-electron chi connectivity index (χ4n) is 2.03. The summed E-state index contributed by atoms with van der Waals surface area (Å²) >= 11 is 3.35. The third-order valence-electron chi connectivity index (χ3n) is 3.31. The number of hydrogen-bond acceptors (Lipinski definition) is 4. The molecule has 0 aliphatic carbocycles. The van der Waals surface area contributed by atoms with Crippen LogP contribution in [0.4, 0.5) is 0 Å². The molecule has 0 bridgehead atoms. The van der Waals surface area contributed by atoms with E-state index in [1.54, 1.807) is 13.8 Å². The Morgan fingerprint density at radius 3 is 2.50 bits per heavy atom. The molecule has 1 aromatic rings. The second-order valence-corrected chi connectivity index (χ2v) is 8.29. The summed E-state index contributed by atoms with van der Waals surface area (Å²) in [6.45, 7) is 3.31. The van der Waals surface area contributed by atoms with Crippen LogP contribution in [0.15, 0.2) is 28.7 Å². The number of hydrogen-bond donors (Lipinski definition) is 2. The summed E-state index contributed by atoms with van der Waals surface area (Å²) in [5.41, 5.74) is 0.834. The molecular formula is C13H18BrNO4S. The van der Waals surface area contributed by atoms with Gasteiger partial charge in [-0.1, -0.05) is 28.1 Å². The lowest BCUT2D eigenvalue weighted by molar-refractivity contribution is 0.0880. The first-order valence-electron chi connectivity index (χ1n) is 6.37. The molecule has 1 heterocycles. The van der Waals surface area contributed by atoms with E-state index in [0.29, 0.717) is 0 Å². The molecule has 1 aliphatic rings. The third-order valence-corrected chi connectivity index (χ3v) is 5.68. The van der Waals surface area contributed by atoms with Crippen molar-refractivity contribution in [3.05, 3.63) is 34.3 Å². The first-order valence-corrected chi connectivity index (χ1v) is 8.71. The molecule has 1 unspecified atom stereocenters. The Kier molecular flexibility index (Phi) is 4.86. The minimum absolute atomic E-state index is 0.117. The highest BCUT2D eigenvalue weighted by Crippen LogP contribution is 2.31. The largest absolute Gasteiger partial charge is 0.389 e. The Morgan fingerprint density at radius 1 is 1.35 bits per heavy atom. The fraction of sp³-hybridized carbons (Fsp3) is 0.538. The molecule has 7 heteroatoms. The first kappa shape index (κ1) is 15.9. The van der Waals surface area contributed by atoms with E-state index in [9.17, 15) is 13.5 Å². The second-order valence-electron chi connectivity index (χ2n) is 5.11. The van der Waals surface area contributed by atoms with E-state index in [1.165, 1.54) is 0 Å². The van der Waals surface area contributed by atoms with Crippen molar-refractivity contribution in [2.75, 3.05) is 6.61 Å². The highest BCUT2D eigenvalue weighted by atomic mass is 79.9. The molecule has 0 saturated carbocycles. The van der Waals surface area contributed by atoms with Crippen LogP contribution in [0.3, 0.4) is 0 Å². The van der Waals surface area contributed by atoms with Crippen LogP contribution in [0.25, 0.3) is 0 Å². The van der Waals surface area contributed by atoms with Crippen LogP contribution in [-0.4, -0.2) is 37.5 Å². The van der Waals surface area contributed by atoms with Gasteiger partial charge in [0.05, 0.1) is 24.0 Å². The van der Waals surface area contributed by atoms with Crippen LogP contribution in [0.5, 0.6) is 0 Å². The lowest BCUT2D eigenvalue weighted by Gasteiger charge is -2.23. The molecule has 20 heavy (non-hydrogen) atoms. The summed E-state index contributed by atoms with van der Waals surface area (Å²) in [6.07, 6.45) is -1.33. The Balaban J connectivity index is 2.23. The normalized spacial score (nSPS) is 27.1. The van der Waals surface area contributed by atoms with Crippen LogP contribution in [0.2, 0.25) is 0 Å². The molecule has 0 spiro atoms. The molecule has 3 atom stereocenters. The maximum absolute atomic E-state index is 12.0. The molecule has 0 radical (unpaired) electrons. The van der Waals surface area contributed by atoms with Gasteiger partial charge < -0.3 is 9.84 Å². The first-order chi connectivity index (χ1) is 9.31. The quantitative estimate of drug-likeness (QED) is 0.851. The van der Waals surface area contributed by atoms with Crippen molar-refractivity contribution in [1.29, 1.82) is 0 Å². The molecular weight excluding hydrogens is 346 g/mol. The number of nitrogens with one attached hydrogen (secondary N) is 1. The molecule has 0 aromatic heterocycles. The molecule has 1 aliphatic heterocycles. The number of rotatable bonds is 4. The lowest BCUT2D eigenvalue weighted by Crippen LogP contribution is -2.46. The number of halogens is 1. The van der Waals surface area contributed by atoms with Gasteiger partial charge in [0.25, 0.3) is 0 Å². The molecule has 1 fully saturated rings. The minimum atomic E-state index is -3.46. The summed E-state index contributed by atoms with van der Waals surface area (Å²) in [7, 11) is -3.46. The van der Waals surface area contributed by atoms with Gasteiger partial charge in [0.1, 0.15) is 6.10 Å². The van der Waals surface area contributed by atoms with Crippen molar-refractivity contribution in [2.24, 2.45) is 0 Å². The smallest absolute Gasteiger partial charge is 0.214 e. The van der Waals surface area contributed by atoms with Gasteiger partial charge in [0, 0.05) is 4.47 Å². The van der Waals surface area contributed by atoms with Gasteiger partial charge in [-0.2, -0.15) is 0 Å². The van der Waals surface area contributed by atoms with Gasteiger partial charge in [0.15, 0.2) is 0 Å². The van der Waals surface area contributed by atoms with Gasteiger partial charge in [-0.05, 0) is 31.5 Å². The average molecular weight is 364 g/mol. The SMILES string of the molecule is CC(C)S(=O)(=O)N[C@H]1C(O)CO[C@@H]1c1ccc(Br)cc1. The predicted molar refractivity (Wildman–Crippen MR) is 79.8 cm³/mol. The highest BCUT2D eigenvalue weighted by molar-refractivity contribution is 9.10. The number of aliphatic hydroxyl groups is 1. The van der Waals surface area contributed by atoms with Crippen LogP contribution in [0.1, 0.15) is 25.5 Å². The topological polar surface area (TPSA) is 75.6 Å². The van der Waals surface area contributed by atoms with Crippen molar-refractivity contribution < 1.29 is 18.3 Å². The standard InChI is InChI=1S/C13H18BrNO4S/c1-8(2)20(17,18)15-12-11(16)7-19-13(12)9-3-5-10(14)6-4-9/h3-6,8,11-13,15-16H,7H2,1-2H3/t11?,12-,13+/m0/s1. The van der Waals surface area contributed by atoms with E-state index >= 15 is 0 Å². The Labute approximate surface area is 127 Å². The number of benzene rings is 1. The maximum Gasteiger partial charge on any atom is 0.214 e. The van der Waals surface area contributed by atoms with Crippen LogP contribution >= 0.6 is 15.9 Å². The zero-order valence-electron chi connectivity index (χ0n) is 11.3. The van der Waals surface area contributed by atoms with Crippen molar-refractivity contribution >= 4 is 26.0 Å². The van der Waals surface area contributed by atoms with E-state index < -0.39 is 33.5 Å². The zero-order valence-corrected chi connectivity index (χ0v) is 13.7. The summed E-state index contributed by atoms with van der Waals surface area (Å²) in [5.74, 6) is 0. The second kappa shape index (κ2) is 6.11. The molecule has 0 amide bonds. The Bertz CT molecular complexity index is 558.